The number of ether oxygens (including phenoxy) is 1. The van der Waals surface area contributed by atoms with E-state index in [9.17, 15) is 14.9 Å². The Balaban J connectivity index is 1.78. The number of nitrogens with zero attached hydrogens (tertiary/aromatic N) is 1. The fourth-order valence-corrected chi connectivity index (χ4v) is 2.27. The largest absolute Gasteiger partial charge is 0.376 e. The van der Waals surface area contributed by atoms with E-state index < -0.39 is 10.8 Å². The molecular formula is C14H19N3O4. The van der Waals surface area contributed by atoms with Crippen molar-refractivity contribution in [2.24, 2.45) is 0 Å². The van der Waals surface area contributed by atoms with Gasteiger partial charge in [-0.1, -0.05) is 12.1 Å². The fourth-order valence-electron chi connectivity index (χ4n) is 2.27. The van der Waals surface area contributed by atoms with Crippen LogP contribution in [-0.2, 0) is 4.74 Å². The molecule has 0 spiro atoms. The van der Waals surface area contributed by atoms with Crippen LogP contribution in [0.3, 0.4) is 0 Å². The Hall–Kier alpha value is -1.99. The zero-order chi connectivity index (χ0) is 15.1. The third-order valence-electron chi connectivity index (χ3n) is 3.37. The van der Waals surface area contributed by atoms with Crippen molar-refractivity contribution in [3.8, 4) is 0 Å². The standard InChI is InChI=1S/C14H19N3O4/c18-14(12-3-1-2-4-13(12)17(19)20)16-9-10-21-11-5-7-15-8-6-11/h1-4,11,15H,5-10H2,(H,16,18). The SMILES string of the molecule is O=C(NCCOC1CCNCC1)c1ccccc1[N+](=O)[O-]. The van der Waals surface area contributed by atoms with Crippen LogP contribution in [0.15, 0.2) is 24.3 Å². The van der Waals surface area contributed by atoms with Gasteiger partial charge in [0.05, 0.1) is 17.6 Å². The third kappa shape index (κ3) is 4.51. The third-order valence-corrected chi connectivity index (χ3v) is 3.37. The normalized spacial score (nSPS) is 15.6. The lowest BCUT2D eigenvalue weighted by Gasteiger charge is -2.22. The molecule has 1 aliphatic rings. The predicted octanol–water partition coefficient (Wildman–Crippen LogP) is 1.09. The van der Waals surface area contributed by atoms with Gasteiger partial charge < -0.3 is 15.4 Å². The van der Waals surface area contributed by atoms with Gasteiger partial charge in [-0.05, 0) is 32.0 Å². The number of carbonyl (C=O) groups excluding carboxylic acids is 1. The summed E-state index contributed by atoms with van der Waals surface area (Å²) in [5.74, 6) is -0.448. The molecule has 2 N–H and O–H groups in total. The molecular weight excluding hydrogens is 274 g/mol. The molecule has 0 aromatic heterocycles. The van der Waals surface area contributed by atoms with E-state index in [-0.39, 0.29) is 17.4 Å². The van der Waals surface area contributed by atoms with E-state index in [0.29, 0.717) is 13.2 Å². The molecule has 1 aromatic rings. The van der Waals surface area contributed by atoms with Crippen molar-refractivity contribution in [1.82, 2.24) is 10.6 Å². The summed E-state index contributed by atoms with van der Waals surface area (Å²) in [6.45, 7) is 2.66. The molecule has 1 aromatic carbocycles. The summed E-state index contributed by atoms with van der Waals surface area (Å²) in [6.07, 6.45) is 2.17. The van der Waals surface area contributed by atoms with Crippen molar-refractivity contribution in [3.05, 3.63) is 39.9 Å². The maximum atomic E-state index is 11.9. The second-order valence-corrected chi connectivity index (χ2v) is 4.85. The fraction of sp³-hybridized carbons (Fsp3) is 0.500. The summed E-state index contributed by atoms with van der Waals surface area (Å²) in [6, 6.07) is 5.91. The lowest BCUT2D eigenvalue weighted by atomic mass is 10.1. The van der Waals surface area contributed by atoms with Crippen LogP contribution >= 0.6 is 0 Å². The molecule has 114 valence electrons. The van der Waals surface area contributed by atoms with Crippen LogP contribution in [-0.4, -0.2) is 43.2 Å². The predicted molar refractivity (Wildman–Crippen MR) is 77.3 cm³/mol. The molecule has 0 unspecified atom stereocenters. The summed E-state index contributed by atoms with van der Waals surface area (Å²) in [5.41, 5.74) is -0.112. The average Bonchev–Trinajstić information content (AvgIpc) is 2.52. The molecule has 0 bridgehead atoms. The maximum Gasteiger partial charge on any atom is 0.282 e. The minimum atomic E-state index is -0.555. The van der Waals surface area contributed by atoms with Gasteiger partial charge >= 0.3 is 0 Å². The minimum Gasteiger partial charge on any atom is -0.376 e. The molecule has 1 aliphatic heterocycles. The number of nitro benzene ring substituents is 1. The average molecular weight is 293 g/mol. The molecule has 7 nitrogen and oxygen atoms in total. The smallest absolute Gasteiger partial charge is 0.282 e. The summed E-state index contributed by atoms with van der Waals surface area (Å²) in [5, 5.41) is 16.8. The molecule has 1 saturated heterocycles. The molecule has 0 radical (unpaired) electrons. The van der Waals surface area contributed by atoms with Crippen LogP contribution in [0, 0.1) is 10.1 Å². The number of para-hydroxylation sites is 1. The number of piperidine rings is 1. The van der Waals surface area contributed by atoms with E-state index >= 15 is 0 Å². The Morgan fingerprint density at radius 1 is 1.38 bits per heavy atom. The number of rotatable bonds is 6. The monoisotopic (exact) mass is 293 g/mol. The highest BCUT2D eigenvalue weighted by Crippen LogP contribution is 2.17. The van der Waals surface area contributed by atoms with Gasteiger partial charge in [0.1, 0.15) is 5.56 Å². The quantitative estimate of drug-likeness (QED) is 0.465. The van der Waals surface area contributed by atoms with Gasteiger partial charge in [0.25, 0.3) is 11.6 Å². The van der Waals surface area contributed by atoms with Crippen LogP contribution in [0.25, 0.3) is 0 Å². The molecule has 0 saturated carbocycles. The molecule has 21 heavy (non-hydrogen) atoms. The van der Waals surface area contributed by atoms with Gasteiger partial charge in [-0.15, -0.1) is 0 Å². The highest BCUT2D eigenvalue weighted by Gasteiger charge is 2.19. The maximum absolute atomic E-state index is 11.9. The molecule has 7 heteroatoms. The summed E-state index contributed by atoms with van der Waals surface area (Å²) in [7, 11) is 0. The molecule has 1 heterocycles. The van der Waals surface area contributed by atoms with Crippen molar-refractivity contribution < 1.29 is 14.5 Å². The number of nitro groups is 1. The Bertz CT molecular complexity index is 501. The highest BCUT2D eigenvalue weighted by atomic mass is 16.6. The number of nitrogens with one attached hydrogen (secondary N) is 2. The number of benzene rings is 1. The van der Waals surface area contributed by atoms with Gasteiger partial charge in [0.2, 0.25) is 0 Å². The number of hydrogen-bond acceptors (Lipinski definition) is 5. The van der Waals surface area contributed by atoms with Crippen LogP contribution in [0.2, 0.25) is 0 Å². The van der Waals surface area contributed by atoms with Gasteiger partial charge in [-0.3, -0.25) is 14.9 Å². The molecule has 1 amide bonds. The van der Waals surface area contributed by atoms with Crippen LogP contribution in [0.1, 0.15) is 23.2 Å². The zero-order valence-corrected chi connectivity index (χ0v) is 11.7. The lowest BCUT2D eigenvalue weighted by Crippen LogP contribution is -2.34. The Morgan fingerprint density at radius 3 is 2.81 bits per heavy atom. The Labute approximate surface area is 122 Å². The second kappa shape index (κ2) is 7.70. The lowest BCUT2D eigenvalue weighted by molar-refractivity contribution is -0.385. The van der Waals surface area contributed by atoms with Gasteiger partial charge in [0.15, 0.2) is 0 Å². The van der Waals surface area contributed by atoms with Crippen molar-refractivity contribution >= 4 is 11.6 Å². The van der Waals surface area contributed by atoms with Crippen molar-refractivity contribution in [3.63, 3.8) is 0 Å². The van der Waals surface area contributed by atoms with Gasteiger partial charge in [-0.2, -0.15) is 0 Å². The van der Waals surface area contributed by atoms with Crippen molar-refractivity contribution in [1.29, 1.82) is 0 Å². The zero-order valence-electron chi connectivity index (χ0n) is 11.7. The summed E-state index contributed by atoms with van der Waals surface area (Å²) in [4.78, 5) is 22.2. The second-order valence-electron chi connectivity index (χ2n) is 4.85. The van der Waals surface area contributed by atoms with Crippen molar-refractivity contribution in [2.75, 3.05) is 26.2 Å². The topological polar surface area (TPSA) is 93.5 Å². The van der Waals surface area contributed by atoms with E-state index in [2.05, 4.69) is 10.6 Å². The number of amides is 1. The van der Waals surface area contributed by atoms with Gasteiger partial charge in [-0.25, -0.2) is 0 Å². The van der Waals surface area contributed by atoms with E-state index in [0.717, 1.165) is 25.9 Å². The summed E-state index contributed by atoms with van der Waals surface area (Å²) < 4.78 is 5.66. The molecule has 0 aliphatic carbocycles. The molecule has 2 rings (SSSR count). The highest BCUT2D eigenvalue weighted by molar-refractivity contribution is 5.98. The minimum absolute atomic E-state index is 0.0735. The Morgan fingerprint density at radius 2 is 2.10 bits per heavy atom. The van der Waals surface area contributed by atoms with Crippen LogP contribution < -0.4 is 10.6 Å². The first-order valence-electron chi connectivity index (χ1n) is 7.02. The van der Waals surface area contributed by atoms with E-state index in [4.69, 9.17) is 4.74 Å². The first-order chi connectivity index (χ1) is 10.2. The van der Waals surface area contributed by atoms with E-state index in [1.54, 1.807) is 6.07 Å². The van der Waals surface area contributed by atoms with Crippen LogP contribution in [0.4, 0.5) is 5.69 Å². The number of carbonyl (C=O) groups is 1. The van der Waals surface area contributed by atoms with E-state index in [1.807, 2.05) is 0 Å². The van der Waals surface area contributed by atoms with E-state index in [1.165, 1.54) is 18.2 Å². The first kappa shape index (κ1) is 15.4. The first-order valence-corrected chi connectivity index (χ1v) is 7.02. The summed E-state index contributed by atoms with van der Waals surface area (Å²) >= 11 is 0. The van der Waals surface area contributed by atoms with Crippen molar-refractivity contribution in [2.45, 2.75) is 18.9 Å². The van der Waals surface area contributed by atoms with Crippen LogP contribution in [0.5, 0.6) is 0 Å². The van der Waals surface area contributed by atoms with Gasteiger partial charge in [0, 0.05) is 12.6 Å². The molecule has 1 fully saturated rings. The molecule has 0 atom stereocenters. The number of hydrogen-bond donors (Lipinski definition) is 2. The Kier molecular flexibility index (Phi) is 5.65.